The van der Waals surface area contributed by atoms with Crippen LogP contribution in [0, 0.1) is 13.8 Å². The van der Waals surface area contributed by atoms with Gasteiger partial charge >= 0.3 is 0 Å². The number of hydrogen-bond acceptors (Lipinski definition) is 2. The fraction of sp³-hybridized carbons (Fsp3) is 0.323. The van der Waals surface area contributed by atoms with E-state index < -0.39 is 16.1 Å². The van der Waals surface area contributed by atoms with Gasteiger partial charge in [0.05, 0.1) is 16.1 Å². The minimum absolute atomic E-state index is 0.202. The van der Waals surface area contributed by atoms with Crippen LogP contribution >= 0.6 is 0 Å². The van der Waals surface area contributed by atoms with E-state index >= 15 is 0 Å². The largest absolute Gasteiger partial charge is 0.310 e. The molecular formula is C62H72N2Si2. The average molecular weight is 901 g/mol. The Morgan fingerprint density at radius 1 is 0.379 bits per heavy atom. The fourth-order valence-corrected chi connectivity index (χ4v) is 13.4. The molecule has 0 fully saturated rings. The van der Waals surface area contributed by atoms with Gasteiger partial charge in [-0.15, -0.1) is 0 Å². The van der Waals surface area contributed by atoms with Crippen molar-refractivity contribution in [1.29, 1.82) is 0 Å². The Hall–Kier alpha value is -5.43. The van der Waals surface area contributed by atoms with Crippen LogP contribution in [0.25, 0.3) is 22.3 Å². The Bertz CT molecular complexity index is 2840. The molecule has 2 aliphatic rings. The highest BCUT2D eigenvalue weighted by molar-refractivity contribution is 6.89. The van der Waals surface area contributed by atoms with Crippen LogP contribution in [0.1, 0.15) is 112 Å². The molecule has 0 saturated heterocycles. The second kappa shape index (κ2) is 16.1. The van der Waals surface area contributed by atoms with Gasteiger partial charge in [-0.1, -0.05) is 154 Å². The predicted octanol–water partition coefficient (Wildman–Crippen LogP) is 17.2. The summed E-state index contributed by atoms with van der Waals surface area (Å²) in [6.45, 7) is 38.4. The first kappa shape index (κ1) is 45.7. The van der Waals surface area contributed by atoms with Gasteiger partial charge in [-0.25, -0.2) is 0 Å². The molecule has 2 nitrogen and oxygen atoms in total. The Morgan fingerprint density at radius 2 is 0.712 bits per heavy atom. The van der Waals surface area contributed by atoms with Gasteiger partial charge in [-0.05, 0) is 177 Å². The Balaban J connectivity index is 1.18. The maximum Gasteiger partial charge on any atom is 0.0776 e. The van der Waals surface area contributed by atoms with Gasteiger partial charge in [0.25, 0.3) is 0 Å². The Morgan fingerprint density at radius 3 is 1.05 bits per heavy atom. The van der Waals surface area contributed by atoms with Crippen LogP contribution in [0.2, 0.25) is 39.3 Å². The SMILES string of the molecule is Cc1cc(N(c2cccc(C(C)C)c2)c2cccc([Si](C)(C)C)c2)cc2c1-c1cc3c(cc1C2(C)C)-c1c(C)cc(N(c2cccc(C(C)C)c2)c2cccc([Si](C)(C)C)c2)cc1C3(C)C. The summed E-state index contributed by atoms with van der Waals surface area (Å²) in [7, 11) is -3.14. The lowest BCUT2D eigenvalue weighted by Crippen LogP contribution is -2.37. The second-order valence-electron chi connectivity index (χ2n) is 23.3. The zero-order chi connectivity index (χ0) is 47.4. The molecule has 338 valence electrons. The van der Waals surface area contributed by atoms with E-state index in [4.69, 9.17) is 0 Å². The third-order valence-electron chi connectivity index (χ3n) is 15.1. The summed E-state index contributed by atoms with van der Waals surface area (Å²) in [5.41, 5.74) is 23.5. The quantitative estimate of drug-likeness (QED) is 0.126. The third-order valence-corrected chi connectivity index (χ3v) is 19.2. The standard InChI is InChI=1S/C62H72N2Si2/c1-39(2)43-21-17-23-45(31-43)63(47-25-19-27-51(33-47)65(11,12)13)49-29-41(5)59-53-37-56-54(38-55(53)61(7,8)57(59)35-49)60-42(6)30-50(36-58(60)62(56,9)10)64(46-24-18-22-44(32-46)40(3)4)48-26-20-28-52(34-48)66(14,15)16/h17-40H,1-16H3. The molecule has 0 spiro atoms. The van der Waals surface area contributed by atoms with Crippen LogP contribution in [0.3, 0.4) is 0 Å². The van der Waals surface area contributed by atoms with Crippen molar-refractivity contribution in [2.24, 2.45) is 0 Å². The lowest BCUT2D eigenvalue weighted by molar-refractivity contribution is 0.652. The number of anilines is 6. The number of rotatable bonds is 10. The van der Waals surface area contributed by atoms with Crippen molar-refractivity contribution in [3.63, 3.8) is 0 Å². The Kier molecular flexibility index (Phi) is 11.2. The summed E-state index contributed by atoms with van der Waals surface area (Å²) in [5.74, 6) is 0.879. The molecule has 0 bridgehead atoms. The summed E-state index contributed by atoms with van der Waals surface area (Å²) in [6, 6.07) is 52.3. The lowest BCUT2D eigenvalue weighted by Gasteiger charge is -2.30. The van der Waals surface area contributed by atoms with Gasteiger partial charge in [0.1, 0.15) is 0 Å². The molecular weight excluding hydrogens is 829 g/mol. The van der Waals surface area contributed by atoms with E-state index in [-0.39, 0.29) is 10.8 Å². The Labute approximate surface area is 399 Å². The molecule has 9 rings (SSSR count). The second-order valence-corrected chi connectivity index (χ2v) is 33.5. The molecule has 0 amide bonds. The number of nitrogens with zero attached hydrogens (tertiary/aromatic N) is 2. The van der Waals surface area contributed by atoms with Crippen molar-refractivity contribution in [3.8, 4) is 22.3 Å². The number of fused-ring (bicyclic) bond motifs is 6. The summed E-state index contributed by atoms with van der Waals surface area (Å²) in [4.78, 5) is 5.04. The van der Waals surface area contributed by atoms with E-state index in [9.17, 15) is 0 Å². The van der Waals surface area contributed by atoms with Crippen LogP contribution in [-0.4, -0.2) is 16.1 Å². The molecule has 0 heterocycles. The predicted molar refractivity (Wildman–Crippen MR) is 295 cm³/mol. The molecule has 7 aromatic carbocycles. The highest BCUT2D eigenvalue weighted by Crippen LogP contribution is 2.59. The number of benzene rings is 7. The average Bonchev–Trinajstić information content (AvgIpc) is 3.62. The topological polar surface area (TPSA) is 6.48 Å². The van der Waals surface area contributed by atoms with Crippen LogP contribution in [-0.2, 0) is 10.8 Å². The summed E-state index contributed by atoms with van der Waals surface area (Å²) in [6.07, 6.45) is 0. The van der Waals surface area contributed by atoms with Gasteiger partial charge in [0.2, 0.25) is 0 Å². The summed E-state index contributed by atoms with van der Waals surface area (Å²) < 4.78 is 0. The van der Waals surface area contributed by atoms with Crippen molar-refractivity contribution < 1.29 is 0 Å². The maximum atomic E-state index is 2.59. The number of aryl methyl sites for hydroxylation is 2. The molecule has 66 heavy (non-hydrogen) atoms. The molecule has 0 N–H and O–H groups in total. The van der Waals surface area contributed by atoms with E-state index in [0.29, 0.717) is 11.8 Å². The van der Waals surface area contributed by atoms with Gasteiger partial charge in [-0.2, -0.15) is 0 Å². The molecule has 0 atom stereocenters. The molecule has 0 saturated carbocycles. The normalized spacial score (nSPS) is 14.6. The molecule has 0 aromatic heterocycles. The van der Waals surface area contributed by atoms with Gasteiger partial charge in [0.15, 0.2) is 0 Å². The van der Waals surface area contributed by atoms with E-state index in [1.807, 2.05) is 0 Å². The monoisotopic (exact) mass is 901 g/mol. The molecule has 0 unspecified atom stereocenters. The first-order valence-corrected chi connectivity index (χ1v) is 31.5. The smallest absolute Gasteiger partial charge is 0.0776 e. The summed E-state index contributed by atoms with van der Waals surface area (Å²) in [5, 5.41) is 2.94. The number of hydrogen-bond donors (Lipinski definition) is 0. The molecule has 2 aliphatic carbocycles. The molecule has 4 heteroatoms. The zero-order valence-corrected chi connectivity index (χ0v) is 44.8. The fourth-order valence-electron chi connectivity index (χ4n) is 11.0. The van der Waals surface area contributed by atoms with Crippen molar-refractivity contribution in [2.75, 3.05) is 9.80 Å². The molecule has 0 aliphatic heterocycles. The van der Waals surface area contributed by atoms with Gasteiger partial charge in [0, 0.05) is 45.0 Å². The summed E-state index contributed by atoms with van der Waals surface area (Å²) >= 11 is 0. The minimum atomic E-state index is -1.57. The molecule has 0 radical (unpaired) electrons. The lowest BCUT2D eigenvalue weighted by atomic mass is 9.79. The highest BCUT2D eigenvalue weighted by Gasteiger charge is 2.43. The van der Waals surface area contributed by atoms with Gasteiger partial charge < -0.3 is 9.80 Å². The van der Waals surface area contributed by atoms with Crippen molar-refractivity contribution >= 4 is 60.6 Å². The van der Waals surface area contributed by atoms with Crippen LogP contribution in [0.5, 0.6) is 0 Å². The maximum absolute atomic E-state index is 2.59. The van der Waals surface area contributed by atoms with E-state index in [0.717, 1.165) is 0 Å². The zero-order valence-electron chi connectivity index (χ0n) is 42.8. The van der Waals surface area contributed by atoms with Crippen LogP contribution in [0.15, 0.2) is 133 Å². The van der Waals surface area contributed by atoms with Crippen molar-refractivity contribution in [2.45, 2.75) is 131 Å². The van der Waals surface area contributed by atoms with Crippen LogP contribution < -0.4 is 20.2 Å². The van der Waals surface area contributed by atoms with Crippen LogP contribution in [0.4, 0.5) is 34.1 Å². The van der Waals surface area contributed by atoms with E-state index in [1.54, 1.807) is 0 Å². The highest BCUT2D eigenvalue weighted by atomic mass is 28.3. The van der Waals surface area contributed by atoms with Gasteiger partial charge in [-0.3, -0.25) is 0 Å². The van der Waals surface area contributed by atoms with E-state index in [2.05, 4.69) is 252 Å². The minimum Gasteiger partial charge on any atom is -0.310 e. The van der Waals surface area contributed by atoms with Crippen molar-refractivity contribution in [1.82, 2.24) is 0 Å². The first-order chi connectivity index (χ1) is 31.0. The third kappa shape index (κ3) is 7.72. The molecule has 7 aromatic rings. The van der Waals surface area contributed by atoms with Crippen molar-refractivity contribution in [3.05, 3.63) is 178 Å². The van der Waals surface area contributed by atoms with E-state index in [1.165, 1.54) is 111 Å². The first-order valence-electron chi connectivity index (χ1n) is 24.5.